The average molecular weight is 1060 g/mol. The van der Waals surface area contributed by atoms with Crippen LogP contribution in [0.3, 0.4) is 0 Å². The van der Waals surface area contributed by atoms with Gasteiger partial charge >= 0.3 is 17.9 Å². The second-order valence-electron chi connectivity index (χ2n) is 20.9. The standard InChI is InChI=1S/C70H118O6/c1-4-7-10-13-16-19-22-25-27-29-31-33-34-35-36-38-39-41-43-45-48-51-54-57-60-63-69(72)75-66-67(65-74-68(71)62-59-56-53-50-47-24-21-18-15-12-9-6-3)76-70(73)64-61-58-55-52-49-46-44-42-40-37-32-30-28-26-23-20-17-14-11-8-5-2/h7,10,16,18-19,21,23,25-27,30-33,35-36,39,41,67H,4-6,8-9,11-15,17,20,22,24,28-29,34,37-38,40,42-66H2,1-3H3/b10-7-,19-16-,21-18-,26-23-,27-25-,32-30-,33-31-,36-35-,41-39-. The number of rotatable bonds is 57. The molecule has 1 atom stereocenters. The van der Waals surface area contributed by atoms with Crippen molar-refractivity contribution in [3.63, 3.8) is 0 Å². The zero-order valence-corrected chi connectivity index (χ0v) is 49.7. The normalized spacial score (nSPS) is 12.8. The van der Waals surface area contributed by atoms with Crippen LogP contribution in [0.1, 0.15) is 297 Å². The molecule has 0 aromatic rings. The predicted molar refractivity (Wildman–Crippen MR) is 330 cm³/mol. The molecule has 0 heterocycles. The Bertz CT molecular complexity index is 1540. The van der Waals surface area contributed by atoms with Crippen LogP contribution in [0.25, 0.3) is 0 Å². The minimum absolute atomic E-state index is 0.0893. The maximum atomic E-state index is 12.9. The first-order chi connectivity index (χ1) is 37.5. The molecular weight excluding hydrogens is 937 g/mol. The van der Waals surface area contributed by atoms with Gasteiger partial charge in [0.1, 0.15) is 13.2 Å². The summed E-state index contributed by atoms with van der Waals surface area (Å²) in [5.41, 5.74) is 0. The third-order valence-electron chi connectivity index (χ3n) is 13.5. The first-order valence-corrected chi connectivity index (χ1v) is 31.9. The van der Waals surface area contributed by atoms with Crippen LogP contribution in [0, 0.1) is 0 Å². The minimum atomic E-state index is -0.793. The van der Waals surface area contributed by atoms with Gasteiger partial charge < -0.3 is 14.2 Å². The molecule has 76 heavy (non-hydrogen) atoms. The van der Waals surface area contributed by atoms with Crippen molar-refractivity contribution in [3.8, 4) is 0 Å². The van der Waals surface area contributed by atoms with E-state index in [0.717, 1.165) is 122 Å². The molecule has 0 aromatic heterocycles. The predicted octanol–water partition coefficient (Wildman–Crippen LogP) is 21.8. The first kappa shape index (κ1) is 72.1. The Hall–Kier alpha value is -3.93. The molecule has 0 spiro atoms. The summed E-state index contributed by atoms with van der Waals surface area (Å²) in [7, 11) is 0. The van der Waals surface area contributed by atoms with Crippen LogP contribution in [0.5, 0.6) is 0 Å². The summed E-state index contributed by atoms with van der Waals surface area (Å²) >= 11 is 0. The highest BCUT2D eigenvalue weighted by molar-refractivity contribution is 5.71. The maximum Gasteiger partial charge on any atom is 0.306 e. The summed E-state index contributed by atoms with van der Waals surface area (Å²) in [6.45, 7) is 6.48. The molecule has 434 valence electrons. The molecule has 0 rings (SSSR count). The van der Waals surface area contributed by atoms with Gasteiger partial charge in [0.15, 0.2) is 6.10 Å². The Labute approximate surface area is 470 Å². The Morgan fingerprint density at radius 3 is 0.842 bits per heavy atom. The molecule has 0 radical (unpaired) electrons. The van der Waals surface area contributed by atoms with Gasteiger partial charge in [-0.3, -0.25) is 14.4 Å². The summed E-state index contributed by atoms with van der Waals surface area (Å²) in [5, 5.41) is 0. The Balaban J connectivity index is 4.37. The van der Waals surface area contributed by atoms with Gasteiger partial charge in [0.25, 0.3) is 0 Å². The van der Waals surface area contributed by atoms with Gasteiger partial charge in [0.2, 0.25) is 0 Å². The van der Waals surface area contributed by atoms with Gasteiger partial charge in [-0.15, -0.1) is 0 Å². The van der Waals surface area contributed by atoms with Gasteiger partial charge in [0, 0.05) is 19.3 Å². The number of hydrogen-bond acceptors (Lipinski definition) is 6. The summed E-state index contributed by atoms with van der Waals surface area (Å²) in [6.07, 6.45) is 86.6. The van der Waals surface area contributed by atoms with Crippen molar-refractivity contribution in [1.82, 2.24) is 0 Å². The van der Waals surface area contributed by atoms with E-state index in [2.05, 4.69) is 130 Å². The molecule has 0 aliphatic carbocycles. The van der Waals surface area contributed by atoms with Gasteiger partial charge in [-0.05, 0) is 128 Å². The van der Waals surface area contributed by atoms with Gasteiger partial charge in [-0.2, -0.15) is 0 Å². The number of unbranched alkanes of at least 4 members (excludes halogenated alkanes) is 28. The quantitative estimate of drug-likeness (QED) is 0.0261. The van der Waals surface area contributed by atoms with Crippen molar-refractivity contribution in [3.05, 3.63) is 109 Å². The van der Waals surface area contributed by atoms with E-state index in [9.17, 15) is 14.4 Å². The SMILES string of the molecule is CC/C=C\C/C=C\C/C=C\C/C=C\C/C=C\C/C=C\CCCCCCCCC(=O)OCC(COC(=O)CCCCCCC/C=C\CCCCC)OC(=O)CCCCCCCCCCC/C=C\C/C=C\CCCCCCC. The summed E-state index contributed by atoms with van der Waals surface area (Å²) in [4.78, 5) is 38.3. The lowest BCUT2D eigenvalue weighted by Gasteiger charge is -2.18. The van der Waals surface area contributed by atoms with E-state index < -0.39 is 6.10 Å². The fraction of sp³-hybridized carbons (Fsp3) is 0.700. The number of ether oxygens (including phenoxy) is 3. The zero-order valence-electron chi connectivity index (χ0n) is 49.7. The fourth-order valence-electron chi connectivity index (χ4n) is 8.71. The van der Waals surface area contributed by atoms with Crippen LogP contribution in [-0.2, 0) is 28.6 Å². The molecule has 0 saturated carbocycles. The van der Waals surface area contributed by atoms with Crippen molar-refractivity contribution in [2.24, 2.45) is 0 Å². The minimum Gasteiger partial charge on any atom is -0.462 e. The van der Waals surface area contributed by atoms with Crippen molar-refractivity contribution in [2.75, 3.05) is 13.2 Å². The number of esters is 3. The van der Waals surface area contributed by atoms with Crippen molar-refractivity contribution in [1.29, 1.82) is 0 Å². The Kier molecular flexibility index (Phi) is 60.3. The number of allylic oxidation sites excluding steroid dienone is 18. The van der Waals surface area contributed by atoms with E-state index in [0.29, 0.717) is 19.3 Å². The third kappa shape index (κ3) is 60.9. The molecule has 0 N–H and O–H groups in total. The number of hydrogen-bond donors (Lipinski definition) is 0. The topological polar surface area (TPSA) is 78.9 Å². The highest BCUT2D eigenvalue weighted by atomic mass is 16.6. The average Bonchev–Trinajstić information content (AvgIpc) is 3.42. The van der Waals surface area contributed by atoms with E-state index in [1.165, 1.54) is 135 Å². The highest BCUT2D eigenvalue weighted by Gasteiger charge is 2.19. The molecule has 0 aromatic carbocycles. The summed E-state index contributed by atoms with van der Waals surface area (Å²) < 4.78 is 16.9. The second kappa shape index (κ2) is 63.6. The van der Waals surface area contributed by atoms with Crippen molar-refractivity contribution >= 4 is 17.9 Å². The molecule has 0 aliphatic heterocycles. The molecule has 1 unspecified atom stereocenters. The van der Waals surface area contributed by atoms with Gasteiger partial charge in [-0.1, -0.05) is 259 Å². The van der Waals surface area contributed by atoms with Crippen LogP contribution >= 0.6 is 0 Å². The van der Waals surface area contributed by atoms with Crippen LogP contribution in [0.4, 0.5) is 0 Å². The summed E-state index contributed by atoms with van der Waals surface area (Å²) in [6, 6.07) is 0. The molecular formula is C70H118O6. The molecule has 0 saturated heterocycles. The van der Waals surface area contributed by atoms with E-state index in [1.807, 2.05) is 0 Å². The fourth-order valence-corrected chi connectivity index (χ4v) is 8.71. The van der Waals surface area contributed by atoms with E-state index in [1.54, 1.807) is 0 Å². The maximum absolute atomic E-state index is 12.9. The molecule has 0 amide bonds. The highest BCUT2D eigenvalue weighted by Crippen LogP contribution is 2.15. The van der Waals surface area contributed by atoms with Crippen molar-refractivity contribution < 1.29 is 28.6 Å². The van der Waals surface area contributed by atoms with Crippen LogP contribution < -0.4 is 0 Å². The second-order valence-corrected chi connectivity index (χ2v) is 20.9. The van der Waals surface area contributed by atoms with E-state index in [-0.39, 0.29) is 31.1 Å². The monoisotopic (exact) mass is 1050 g/mol. The van der Waals surface area contributed by atoms with E-state index >= 15 is 0 Å². The summed E-state index contributed by atoms with van der Waals surface area (Å²) in [5.74, 6) is -0.911. The first-order valence-electron chi connectivity index (χ1n) is 31.9. The zero-order chi connectivity index (χ0) is 55.0. The third-order valence-corrected chi connectivity index (χ3v) is 13.5. The van der Waals surface area contributed by atoms with Gasteiger partial charge in [0.05, 0.1) is 0 Å². The lowest BCUT2D eigenvalue weighted by Crippen LogP contribution is -2.30. The molecule has 0 fully saturated rings. The van der Waals surface area contributed by atoms with Crippen LogP contribution in [-0.4, -0.2) is 37.2 Å². The number of carbonyl (C=O) groups is 3. The number of carbonyl (C=O) groups excluding carboxylic acids is 3. The van der Waals surface area contributed by atoms with Crippen LogP contribution in [0.2, 0.25) is 0 Å². The van der Waals surface area contributed by atoms with E-state index in [4.69, 9.17) is 14.2 Å². The molecule has 6 heteroatoms. The lowest BCUT2D eigenvalue weighted by atomic mass is 10.1. The van der Waals surface area contributed by atoms with Crippen LogP contribution in [0.15, 0.2) is 109 Å². The molecule has 0 bridgehead atoms. The Morgan fingerprint density at radius 2 is 0.513 bits per heavy atom. The molecule has 6 nitrogen and oxygen atoms in total. The largest absolute Gasteiger partial charge is 0.462 e. The smallest absolute Gasteiger partial charge is 0.306 e. The lowest BCUT2D eigenvalue weighted by molar-refractivity contribution is -0.167. The van der Waals surface area contributed by atoms with Gasteiger partial charge in [-0.25, -0.2) is 0 Å². The Morgan fingerprint density at radius 1 is 0.276 bits per heavy atom. The molecule has 0 aliphatic rings. The van der Waals surface area contributed by atoms with Crippen molar-refractivity contribution in [2.45, 2.75) is 303 Å².